The molecule has 0 atom stereocenters. The molecule has 0 spiro atoms. The van der Waals surface area contributed by atoms with Gasteiger partial charge in [-0.1, -0.05) is 12.1 Å². The fourth-order valence-corrected chi connectivity index (χ4v) is 2.29. The number of carbonyl (C=O) groups is 1. The zero-order chi connectivity index (χ0) is 15.5. The number of carbonyl (C=O) groups excluding carboxylic acids is 1. The summed E-state index contributed by atoms with van der Waals surface area (Å²) in [7, 11) is 0. The van der Waals surface area contributed by atoms with E-state index in [1.807, 2.05) is 0 Å². The molecule has 2 rings (SSSR count). The van der Waals surface area contributed by atoms with E-state index in [1.165, 1.54) is 18.2 Å². The van der Waals surface area contributed by atoms with E-state index >= 15 is 0 Å². The van der Waals surface area contributed by atoms with Gasteiger partial charge >= 0.3 is 6.18 Å². The predicted molar refractivity (Wildman–Crippen MR) is 70.6 cm³/mol. The second-order valence-electron chi connectivity index (χ2n) is 5.04. The Morgan fingerprint density at radius 2 is 1.86 bits per heavy atom. The second-order valence-corrected chi connectivity index (χ2v) is 5.04. The van der Waals surface area contributed by atoms with Crippen LogP contribution in [0, 0.1) is 0 Å². The molecule has 0 aliphatic carbocycles. The lowest BCUT2D eigenvalue weighted by Crippen LogP contribution is -2.39. The molecule has 1 amide bonds. The van der Waals surface area contributed by atoms with Crippen LogP contribution in [0.5, 0.6) is 0 Å². The number of hydrogen-bond donors (Lipinski definition) is 1. The Balaban J connectivity index is 1.97. The van der Waals surface area contributed by atoms with Gasteiger partial charge in [-0.3, -0.25) is 9.69 Å². The summed E-state index contributed by atoms with van der Waals surface area (Å²) >= 11 is 0. The van der Waals surface area contributed by atoms with Crippen molar-refractivity contribution in [2.75, 3.05) is 25.0 Å². The van der Waals surface area contributed by atoms with Crippen molar-refractivity contribution in [3.63, 3.8) is 0 Å². The molecular formula is C14H16F4N2O. The molecule has 0 saturated carbocycles. The lowest BCUT2D eigenvalue weighted by Gasteiger charge is -2.27. The van der Waals surface area contributed by atoms with Gasteiger partial charge in [-0.05, 0) is 25.0 Å². The Hall–Kier alpha value is -1.63. The fraction of sp³-hybridized carbons (Fsp3) is 0.500. The molecule has 7 heteroatoms. The summed E-state index contributed by atoms with van der Waals surface area (Å²) in [6.07, 6.45) is -4.66. The number of likely N-dealkylation sites (tertiary alicyclic amines) is 1. The number of hydrogen-bond acceptors (Lipinski definition) is 2. The van der Waals surface area contributed by atoms with Crippen LogP contribution < -0.4 is 5.32 Å². The number of nitrogens with zero attached hydrogens (tertiary/aromatic N) is 1. The molecule has 0 radical (unpaired) electrons. The largest absolute Gasteiger partial charge is 0.418 e. The number of anilines is 1. The van der Waals surface area contributed by atoms with Crippen LogP contribution in [0.25, 0.3) is 0 Å². The number of halogens is 4. The molecule has 1 aliphatic rings. The number of rotatable bonds is 3. The molecule has 1 aliphatic heterocycles. The maximum Gasteiger partial charge on any atom is 0.418 e. The molecule has 1 N–H and O–H groups in total. The standard InChI is InChI=1S/C14H16F4N2O/c15-10-5-7-20(8-6-10)9-13(21)19-12-4-2-1-3-11(12)14(16,17)18/h1-4,10H,5-9H2,(H,19,21). The first-order valence-electron chi connectivity index (χ1n) is 6.69. The van der Waals surface area contributed by atoms with Crippen molar-refractivity contribution in [3.05, 3.63) is 29.8 Å². The van der Waals surface area contributed by atoms with Gasteiger partial charge in [-0.2, -0.15) is 13.2 Å². The topological polar surface area (TPSA) is 32.3 Å². The van der Waals surface area contributed by atoms with Gasteiger partial charge < -0.3 is 5.32 Å². The predicted octanol–water partition coefficient (Wildman–Crippen LogP) is 3.08. The van der Waals surface area contributed by atoms with Gasteiger partial charge in [0.2, 0.25) is 5.91 Å². The highest BCUT2D eigenvalue weighted by molar-refractivity contribution is 5.93. The summed E-state index contributed by atoms with van der Waals surface area (Å²) in [4.78, 5) is 13.6. The van der Waals surface area contributed by atoms with Gasteiger partial charge in [0.25, 0.3) is 0 Å². The second kappa shape index (κ2) is 6.43. The van der Waals surface area contributed by atoms with E-state index in [2.05, 4.69) is 5.32 Å². The number of para-hydroxylation sites is 1. The normalized spacial score (nSPS) is 17.7. The molecule has 0 aromatic heterocycles. The molecule has 3 nitrogen and oxygen atoms in total. The van der Waals surface area contributed by atoms with Gasteiger partial charge in [-0.15, -0.1) is 0 Å². The molecule has 1 heterocycles. The Bertz CT molecular complexity index is 496. The van der Waals surface area contributed by atoms with E-state index in [0.717, 1.165) is 6.07 Å². The molecule has 1 fully saturated rings. The van der Waals surface area contributed by atoms with Gasteiger partial charge in [0.05, 0.1) is 17.8 Å². The Morgan fingerprint density at radius 1 is 1.24 bits per heavy atom. The van der Waals surface area contributed by atoms with Crippen molar-refractivity contribution < 1.29 is 22.4 Å². The fourth-order valence-electron chi connectivity index (χ4n) is 2.29. The summed E-state index contributed by atoms with van der Waals surface area (Å²) in [5.74, 6) is -0.524. The highest BCUT2D eigenvalue weighted by atomic mass is 19.4. The molecule has 116 valence electrons. The zero-order valence-electron chi connectivity index (χ0n) is 11.3. The number of nitrogens with one attached hydrogen (secondary N) is 1. The minimum atomic E-state index is -4.52. The van der Waals surface area contributed by atoms with E-state index in [4.69, 9.17) is 0 Å². The average molecular weight is 304 g/mol. The smallest absolute Gasteiger partial charge is 0.324 e. The Labute approximate surface area is 119 Å². The number of alkyl halides is 4. The van der Waals surface area contributed by atoms with Crippen molar-refractivity contribution in [3.8, 4) is 0 Å². The minimum Gasteiger partial charge on any atom is -0.324 e. The molecule has 1 aromatic rings. The lowest BCUT2D eigenvalue weighted by molar-refractivity contribution is -0.137. The van der Waals surface area contributed by atoms with Crippen LogP contribution in [0.1, 0.15) is 18.4 Å². The number of benzene rings is 1. The third kappa shape index (κ3) is 4.42. The van der Waals surface area contributed by atoms with Crippen LogP contribution in [-0.4, -0.2) is 36.6 Å². The lowest BCUT2D eigenvalue weighted by atomic mass is 10.1. The van der Waals surface area contributed by atoms with Crippen LogP contribution in [0.4, 0.5) is 23.2 Å². The summed E-state index contributed by atoms with van der Waals surface area (Å²) < 4.78 is 51.4. The Morgan fingerprint density at radius 3 is 2.48 bits per heavy atom. The Kier molecular flexibility index (Phi) is 4.82. The SMILES string of the molecule is O=C(CN1CCC(F)CC1)Nc1ccccc1C(F)(F)F. The van der Waals surface area contributed by atoms with Crippen LogP contribution in [-0.2, 0) is 11.0 Å². The van der Waals surface area contributed by atoms with E-state index in [9.17, 15) is 22.4 Å². The summed E-state index contributed by atoms with van der Waals surface area (Å²) in [6, 6.07) is 4.84. The first-order valence-corrected chi connectivity index (χ1v) is 6.69. The minimum absolute atomic E-state index is 0.0289. The third-order valence-corrected chi connectivity index (χ3v) is 3.39. The van der Waals surface area contributed by atoms with E-state index in [1.54, 1.807) is 4.90 Å². The highest BCUT2D eigenvalue weighted by Gasteiger charge is 2.33. The zero-order valence-corrected chi connectivity index (χ0v) is 11.3. The molecule has 0 bridgehead atoms. The van der Waals surface area contributed by atoms with Crippen molar-refractivity contribution in [2.24, 2.45) is 0 Å². The summed E-state index contributed by atoms with van der Waals surface area (Å²) in [5, 5.41) is 2.28. The molecule has 1 aromatic carbocycles. The number of amides is 1. The highest BCUT2D eigenvalue weighted by Crippen LogP contribution is 2.34. The molecule has 0 unspecified atom stereocenters. The maximum atomic E-state index is 13.0. The van der Waals surface area contributed by atoms with Gasteiger partial charge in [0.15, 0.2) is 0 Å². The molecule has 21 heavy (non-hydrogen) atoms. The van der Waals surface area contributed by atoms with Crippen LogP contribution in [0.2, 0.25) is 0 Å². The van der Waals surface area contributed by atoms with Crippen molar-refractivity contribution >= 4 is 11.6 Å². The quantitative estimate of drug-likeness (QED) is 0.870. The van der Waals surface area contributed by atoms with E-state index in [0.29, 0.717) is 25.9 Å². The first kappa shape index (κ1) is 15.8. The summed E-state index contributed by atoms with van der Waals surface area (Å²) in [6.45, 7) is 0.851. The maximum absolute atomic E-state index is 13.0. The van der Waals surface area contributed by atoms with Crippen molar-refractivity contribution in [1.29, 1.82) is 0 Å². The van der Waals surface area contributed by atoms with E-state index < -0.39 is 23.8 Å². The molecule has 1 saturated heterocycles. The number of piperidine rings is 1. The third-order valence-electron chi connectivity index (χ3n) is 3.39. The average Bonchev–Trinajstić information content (AvgIpc) is 2.41. The summed E-state index contributed by atoms with van der Waals surface area (Å²) in [5.41, 5.74) is -1.13. The van der Waals surface area contributed by atoms with Crippen molar-refractivity contribution in [1.82, 2.24) is 4.90 Å². The van der Waals surface area contributed by atoms with Gasteiger partial charge in [-0.25, -0.2) is 4.39 Å². The van der Waals surface area contributed by atoms with Crippen LogP contribution in [0.15, 0.2) is 24.3 Å². The van der Waals surface area contributed by atoms with Gasteiger partial charge in [0.1, 0.15) is 6.17 Å². The van der Waals surface area contributed by atoms with Gasteiger partial charge in [0, 0.05) is 13.1 Å². The van der Waals surface area contributed by atoms with E-state index in [-0.39, 0.29) is 12.2 Å². The van der Waals surface area contributed by atoms with Crippen LogP contribution >= 0.6 is 0 Å². The van der Waals surface area contributed by atoms with Crippen LogP contribution in [0.3, 0.4) is 0 Å². The molecular weight excluding hydrogens is 288 g/mol. The monoisotopic (exact) mass is 304 g/mol. The van der Waals surface area contributed by atoms with Crippen molar-refractivity contribution in [2.45, 2.75) is 25.2 Å². The first-order chi connectivity index (χ1) is 9.86.